The van der Waals surface area contributed by atoms with E-state index in [9.17, 15) is 18.0 Å². The van der Waals surface area contributed by atoms with Crippen molar-refractivity contribution >= 4 is 27.5 Å². The molecule has 1 aromatic rings. The molecule has 1 rings (SSSR count). The maximum atomic E-state index is 11.5. The second-order valence-corrected chi connectivity index (χ2v) is 5.91. The zero-order valence-electron chi connectivity index (χ0n) is 10.3. The van der Waals surface area contributed by atoms with Gasteiger partial charge in [-0.2, -0.15) is 0 Å². The van der Waals surface area contributed by atoms with Crippen LogP contribution in [-0.4, -0.2) is 44.7 Å². The molecule has 0 aliphatic rings. The Morgan fingerprint density at radius 2 is 1.89 bits per heavy atom. The number of hydrogen-bond donors (Lipinski definition) is 2. The lowest BCUT2D eigenvalue weighted by Crippen LogP contribution is -2.18. The molecule has 0 aromatic heterocycles. The molecule has 0 fully saturated rings. The van der Waals surface area contributed by atoms with Crippen LogP contribution in [-0.2, 0) is 14.6 Å². The third-order valence-electron chi connectivity index (χ3n) is 2.21. The van der Waals surface area contributed by atoms with Crippen molar-refractivity contribution in [1.29, 1.82) is 0 Å². The first-order valence-corrected chi connectivity index (χ1v) is 7.18. The number of benzene rings is 1. The van der Waals surface area contributed by atoms with E-state index in [4.69, 9.17) is 5.11 Å². The second kappa shape index (κ2) is 5.70. The molecule has 0 saturated heterocycles. The fourth-order valence-corrected chi connectivity index (χ4v) is 1.81. The highest BCUT2D eigenvalue weighted by Crippen LogP contribution is 2.22. The maximum absolute atomic E-state index is 11.5. The molecule has 2 N–H and O–H groups in total. The molecule has 0 heterocycles. The second-order valence-electron chi connectivity index (χ2n) is 3.77. The molecule has 7 nitrogen and oxygen atoms in total. The summed E-state index contributed by atoms with van der Waals surface area (Å²) in [5, 5.41) is 11.5. The number of para-hydroxylation sites is 1. The number of rotatable bonds is 5. The van der Waals surface area contributed by atoms with Gasteiger partial charge in [0.2, 0.25) is 0 Å². The minimum Gasteiger partial charge on any atom is -0.478 e. The van der Waals surface area contributed by atoms with Crippen LogP contribution in [0, 0.1) is 0 Å². The van der Waals surface area contributed by atoms with Crippen molar-refractivity contribution in [3.05, 3.63) is 29.3 Å². The van der Waals surface area contributed by atoms with Crippen LogP contribution in [0.3, 0.4) is 0 Å². The SMILES string of the molecule is COC(=O)c1cccc(C(=O)O)c1NCS(C)(=O)=O. The smallest absolute Gasteiger partial charge is 0.339 e. The van der Waals surface area contributed by atoms with Crippen molar-refractivity contribution < 1.29 is 27.9 Å². The molecule has 0 amide bonds. The van der Waals surface area contributed by atoms with E-state index in [1.165, 1.54) is 18.2 Å². The van der Waals surface area contributed by atoms with Crippen molar-refractivity contribution in [3.8, 4) is 0 Å². The molecule has 0 aliphatic heterocycles. The molecule has 1 aromatic carbocycles. The lowest BCUT2D eigenvalue weighted by molar-refractivity contribution is 0.0602. The van der Waals surface area contributed by atoms with Crippen LogP contribution in [0.5, 0.6) is 0 Å². The Labute approximate surface area is 110 Å². The molecule has 0 radical (unpaired) electrons. The first kappa shape index (κ1) is 15.0. The summed E-state index contributed by atoms with van der Waals surface area (Å²) in [4.78, 5) is 22.6. The van der Waals surface area contributed by atoms with E-state index in [0.717, 1.165) is 13.4 Å². The Morgan fingerprint density at radius 3 is 2.37 bits per heavy atom. The third kappa shape index (κ3) is 3.95. The fraction of sp³-hybridized carbons (Fsp3) is 0.273. The standard InChI is InChI=1S/C11H13NO6S/c1-18-11(15)8-5-3-4-7(10(13)14)9(8)12-6-19(2,16)17/h3-5,12H,6H2,1-2H3,(H,13,14). The third-order valence-corrected chi connectivity index (χ3v) is 2.88. The number of carboxylic acids is 1. The summed E-state index contributed by atoms with van der Waals surface area (Å²) in [7, 11) is -2.22. The Balaban J connectivity index is 3.29. The molecule has 8 heteroatoms. The van der Waals surface area contributed by atoms with Crippen LogP contribution < -0.4 is 5.32 Å². The lowest BCUT2D eigenvalue weighted by Gasteiger charge is -2.12. The van der Waals surface area contributed by atoms with Crippen molar-refractivity contribution in [2.75, 3.05) is 24.6 Å². The Kier molecular flexibility index (Phi) is 4.49. The van der Waals surface area contributed by atoms with Crippen LogP contribution >= 0.6 is 0 Å². The van der Waals surface area contributed by atoms with Gasteiger partial charge < -0.3 is 15.2 Å². The van der Waals surface area contributed by atoms with Gasteiger partial charge in [-0.1, -0.05) is 6.07 Å². The van der Waals surface area contributed by atoms with Gasteiger partial charge >= 0.3 is 11.9 Å². The summed E-state index contributed by atoms with van der Waals surface area (Å²) in [6.07, 6.45) is 0.987. The van der Waals surface area contributed by atoms with E-state index in [-0.39, 0.29) is 16.8 Å². The first-order valence-electron chi connectivity index (χ1n) is 5.12. The summed E-state index contributed by atoms with van der Waals surface area (Å²) >= 11 is 0. The number of esters is 1. The maximum Gasteiger partial charge on any atom is 0.339 e. The van der Waals surface area contributed by atoms with E-state index in [0.29, 0.717) is 0 Å². The number of sulfone groups is 1. The van der Waals surface area contributed by atoms with Gasteiger partial charge in [0.1, 0.15) is 5.88 Å². The van der Waals surface area contributed by atoms with Gasteiger partial charge in [0.25, 0.3) is 0 Å². The molecular weight excluding hydrogens is 274 g/mol. The van der Waals surface area contributed by atoms with E-state index >= 15 is 0 Å². The molecule has 19 heavy (non-hydrogen) atoms. The summed E-state index contributed by atoms with van der Waals surface area (Å²) in [5.74, 6) is -2.51. The summed E-state index contributed by atoms with van der Waals surface area (Å²) in [6, 6.07) is 3.99. The zero-order valence-corrected chi connectivity index (χ0v) is 11.2. The van der Waals surface area contributed by atoms with Crippen LogP contribution in [0.15, 0.2) is 18.2 Å². The van der Waals surface area contributed by atoms with Crippen LogP contribution in [0.25, 0.3) is 0 Å². The predicted molar refractivity (Wildman–Crippen MR) is 68.1 cm³/mol. The van der Waals surface area contributed by atoms with Gasteiger partial charge in [0, 0.05) is 6.26 Å². The van der Waals surface area contributed by atoms with Gasteiger partial charge in [-0.15, -0.1) is 0 Å². The molecule has 0 spiro atoms. The van der Waals surface area contributed by atoms with Crippen molar-refractivity contribution in [3.63, 3.8) is 0 Å². The highest BCUT2D eigenvalue weighted by atomic mass is 32.2. The molecule has 0 aliphatic carbocycles. The molecule has 0 saturated carbocycles. The number of methoxy groups -OCH3 is 1. The van der Waals surface area contributed by atoms with Gasteiger partial charge in [-0.3, -0.25) is 0 Å². The number of hydrogen-bond acceptors (Lipinski definition) is 6. The molecular formula is C11H13NO6S. The number of carbonyl (C=O) groups is 2. The summed E-state index contributed by atoms with van der Waals surface area (Å²) in [5.41, 5.74) is -0.315. The largest absolute Gasteiger partial charge is 0.478 e. The lowest BCUT2D eigenvalue weighted by atomic mass is 10.1. The Bertz CT molecular complexity index is 608. The fourth-order valence-electron chi connectivity index (χ4n) is 1.40. The number of carbonyl (C=O) groups excluding carboxylic acids is 1. The van der Waals surface area contributed by atoms with Gasteiger partial charge in [0.05, 0.1) is 23.9 Å². The van der Waals surface area contributed by atoms with Crippen molar-refractivity contribution in [2.45, 2.75) is 0 Å². The average molecular weight is 287 g/mol. The number of aromatic carboxylic acids is 1. The first-order chi connectivity index (χ1) is 8.76. The molecule has 0 bridgehead atoms. The van der Waals surface area contributed by atoms with Gasteiger partial charge in [-0.25, -0.2) is 18.0 Å². The van der Waals surface area contributed by atoms with Gasteiger partial charge in [-0.05, 0) is 12.1 Å². The molecule has 0 unspecified atom stereocenters. The molecule has 0 atom stereocenters. The van der Waals surface area contributed by atoms with Gasteiger partial charge in [0.15, 0.2) is 9.84 Å². The topological polar surface area (TPSA) is 110 Å². The summed E-state index contributed by atoms with van der Waals surface area (Å²) < 4.78 is 26.7. The predicted octanol–water partition coefficient (Wildman–Crippen LogP) is 0.585. The number of carboxylic acid groups (broad SMARTS) is 1. The Morgan fingerprint density at radius 1 is 1.32 bits per heavy atom. The number of ether oxygens (including phenoxy) is 1. The van der Waals surface area contributed by atoms with E-state index < -0.39 is 27.7 Å². The van der Waals surface area contributed by atoms with E-state index in [1.54, 1.807) is 0 Å². The molecule has 104 valence electrons. The number of anilines is 1. The van der Waals surface area contributed by atoms with Crippen molar-refractivity contribution in [2.24, 2.45) is 0 Å². The quantitative estimate of drug-likeness (QED) is 0.762. The monoisotopic (exact) mass is 287 g/mol. The van der Waals surface area contributed by atoms with Crippen molar-refractivity contribution in [1.82, 2.24) is 0 Å². The minimum atomic E-state index is -3.37. The average Bonchev–Trinajstić information content (AvgIpc) is 2.33. The van der Waals surface area contributed by atoms with Crippen LogP contribution in [0.2, 0.25) is 0 Å². The van der Waals surface area contributed by atoms with Crippen LogP contribution in [0.4, 0.5) is 5.69 Å². The van der Waals surface area contributed by atoms with E-state index in [1.807, 2.05) is 0 Å². The summed E-state index contributed by atoms with van der Waals surface area (Å²) in [6.45, 7) is 0. The number of nitrogens with one attached hydrogen (secondary N) is 1. The van der Waals surface area contributed by atoms with E-state index in [2.05, 4.69) is 10.1 Å². The highest BCUT2D eigenvalue weighted by molar-refractivity contribution is 7.90. The zero-order chi connectivity index (χ0) is 14.6. The normalized spacial score (nSPS) is 10.8. The highest BCUT2D eigenvalue weighted by Gasteiger charge is 2.19. The minimum absolute atomic E-state index is 0.0361. The Hall–Kier alpha value is -2.09. The van der Waals surface area contributed by atoms with Crippen LogP contribution in [0.1, 0.15) is 20.7 Å².